The second-order valence-corrected chi connectivity index (χ2v) is 7.00. The molecule has 4 N–H and O–H groups in total. The Hall–Kier alpha value is -3.49. The summed E-state index contributed by atoms with van der Waals surface area (Å²) in [6.45, 7) is 2.05. The highest BCUT2D eigenvalue weighted by molar-refractivity contribution is 5.75. The fraction of sp³-hybridized carbons (Fsp3) is 0.263. The first-order chi connectivity index (χ1) is 13.7. The Balaban J connectivity index is 1.29. The first kappa shape index (κ1) is 16.7. The van der Waals surface area contributed by atoms with Crippen molar-refractivity contribution >= 4 is 28.6 Å². The van der Waals surface area contributed by atoms with E-state index >= 15 is 0 Å². The summed E-state index contributed by atoms with van der Waals surface area (Å²) in [5.74, 6) is 1.67. The van der Waals surface area contributed by atoms with Gasteiger partial charge in [0.2, 0.25) is 5.95 Å². The Labute approximate surface area is 160 Å². The van der Waals surface area contributed by atoms with Gasteiger partial charge in [-0.15, -0.1) is 0 Å². The predicted octanol–water partition coefficient (Wildman–Crippen LogP) is 3.82. The molecular weight excluding hydrogens is 359 g/mol. The molecule has 0 radical (unpaired) electrons. The summed E-state index contributed by atoms with van der Waals surface area (Å²) >= 11 is 0. The van der Waals surface area contributed by atoms with Gasteiger partial charge in [0, 0.05) is 23.9 Å². The van der Waals surface area contributed by atoms with Crippen LogP contribution in [0.25, 0.3) is 11.0 Å². The molecule has 3 aromatic heterocycles. The van der Waals surface area contributed by atoms with Gasteiger partial charge in [-0.2, -0.15) is 10.1 Å². The summed E-state index contributed by atoms with van der Waals surface area (Å²) in [6, 6.07) is 9.66. The number of halogens is 1. The van der Waals surface area contributed by atoms with E-state index in [1.165, 1.54) is 0 Å². The van der Waals surface area contributed by atoms with Crippen LogP contribution in [0.1, 0.15) is 36.6 Å². The van der Waals surface area contributed by atoms with E-state index in [-0.39, 0.29) is 12.0 Å². The monoisotopic (exact) mass is 378 g/mol. The van der Waals surface area contributed by atoms with Gasteiger partial charge < -0.3 is 15.6 Å². The van der Waals surface area contributed by atoms with Gasteiger partial charge >= 0.3 is 0 Å². The van der Waals surface area contributed by atoms with Crippen molar-refractivity contribution in [3.8, 4) is 0 Å². The number of hydrogen-bond acceptors (Lipinski definition) is 6. The van der Waals surface area contributed by atoms with E-state index in [0.29, 0.717) is 24.0 Å². The molecule has 142 valence electrons. The van der Waals surface area contributed by atoms with Crippen LogP contribution >= 0.6 is 0 Å². The van der Waals surface area contributed by atoms with Crippen LogP contribution in [0.3, 0.4) is 0 Å². The van der Waals surface area contributed by atoms with Crippen molar-refractivity contribution in [2.45, 2.75) is 31.5 Å². The number of anilines is 3. The molecule has 4 aromatic rings. The van der Waals surface area contributed by atoms with Crippen molar-refractivity contribution in [3.63, 3.8) is 0 Å². The SMILES string of the molecule is C[C@H](Nc1nccc(Nc2cc([C@H]3C[C@@H]3F)[nH]n2)n1)c1ccc2nc[nH]c2c1. The molecule has 0 saturated heterocycles. The summed E-state index contributed by atoms with van der Waals surface area (Å²) < 4.78 is 13.2. The highest BCUT2D eigenvalue weighted by Gasteiger charge is 2.40. The van der Waals surface area contributed by atoms with Gasteiger partial charge in [-0.25, -0.2) is 14.4 Å². The molecule has 1 aliphatic rings. The number of rotatable bonds is 6. The zero-order valence-corrected chi connectivity index (χ0v) is 15.1. The van der Waals surface area contributed by atoms with Crippen LogP contribution in [-0.4, -0.2) is 36.3 Å². The number of imidazole rings is 1. The van der Waals surface area contributed by atoms with Crippen LogP contribution in [0, 0.1) is 0 Å². The molecular formula is C19H19FN8. The molecule has 0 amide bonds. The van der Waals surface area contributed by atoms with Crippen LogP contribution in [0.15, 0.2) is 42.9 Å². The van der Waals surface area contributed by atoms with Crippen molar-refractivity contribution in [1.82, 2.24) is 30.1 Å². The number of nitrogens with zero attached hydrogens (tertiary/aromatic N) is 4. The quantitative estimate of drug-likeness (QED) is 0.406. The Morgan fingerprint density at radius 1 is 1.18 bits per heavy atom. The van der Waals surface area contributed by atoms with E-state index in [4.69, 9.17) is 0 Å². The highest BCUT2D eigenvalue weighted by atomic mass is 19.1. The van der Waals surface area contributed by atoms with Gasteiger partial charge in [0.15, 0.2) is 5.82 Å². The van der Waals surface area contributed by atoms with Crippen LogP contribution in [-0.2, 0) is 0 Å². The van der Waals surface area contributed by atoms with Crippen molar-refractivity contribution in [1.29, 1.82) is 0 Å². The van der Waals surface area contributed by atoms with Crippen LogP contribution < -0.4 is 10.6 Å². The van der Waals surface area contributed by atoms with Crippen LogP contribution in [0.4, 0.5) is 22.0 Å². The number of nitrogens with one attached hydrogen (secondary N) is 4. The lowest BCUT2D eigenvalue weighted by Crippen LogP contribution is -2.10. The van der Waals surface area contributed by atoms with Gasteiger partial charge in [0.25, 0.3) is 0 Å². The normalized spacial score (nSPS) is 19.5. The number of aromatic amines is 2. The number of H-pyrrole nitrogens is 2. The van der Waals surface area contributed by atoms with E-state index in [1.54, 1.807) is 18.6 Å². The minimum Gasteiger partial charge on any atom is -0.348 e. The summed E-state index contributed by atoms with van der Waals surface area (Å²) in [6.07, 6.45) is 3.16. The maximum absolute atomic E-state index is 13.2. The zero-order valence-electron chi connectivity index (χ0n) is 15.1. The average molecular weight is 378 g/mol. The average Bonchev–Trinajstić information content (AvgIpc) is 3.09. The van der Waals surface area contributed by atoms with Crippen molar-refractivity contribution < 1.29 is 4.39 Å². The number of alkyl halides is 1. The number of aromatic nitrogens is 6. The highest BCUT2D eigenvalue weighted by Crippen LogP contribution is 2.43. The summed E-state index contributed by atoms with van der Waals surface area (Å²) in [5, 5.41) is 13.5. The fourth-order valence-electron chi connectivity index (χ4n) is 3.21. The van der Waals surface area contributed by atoms with E-state index in [2.05, 4.69) is 46.8 Å². The fourth-order valence-corrected chi connectivity index (χ4v) is 3.21. The lowest BCUT2D eigenvalue weighted by Gasteiger charge is -2.14. The Morgan fingerprint density at radius 2 is 2.07 bits per heavy atom. The Kier molecular flexibility index (Phi) is 3.92. The van der Waals surface area contributed by atoms with Gasteiger partial charge in [-0.1, -0.05) is 6.07 Å². The molecule has 3 atom stereocenters. The maximum atomic E-state index is 13.2. The van der Waals surface area contributed by atoms with Gasteiger partial charge in [-0.3, -0.25) is 5.10 Å². The molecule has 9 heteroatoms. The van der Waals surface area contributed by atoms with E-state index in [0.717, 1.165) is 22.3 Å². The minimum atomic E-state index is -0.759. The lowest BCUT2D eigenvalue weighted by molar-refractivity contribution is 0.466. The molecule has 3 heterocycles. The second-order valence-electron chi connectivity index (χ2n) is 7.00. The van der Waals surface area contributed by atoms with Crippen molar-refractivity contribution in [2.75, 3.05) is 10.6 Å². The first-order valence-electron chi connectivity index (χ1n) is 9.15. The number of hydrogen-bond donors (Lipinski definition) is 4. The third-order valence-corrected chi connectivity index (χ3v) is 4.91. The molecule has 8 nitrogen and oxygen atoms in total. The molecule has 0 spiro atoms. The maximum Gasteiger partial charge on any atom is 0.225 e. The molecule has 1 saturated carbocycles. The molecule has 5 rings (SSSR count). The Morgan fingerprint density at radius 3 is 2.93 bits per heavy atom. The minimum absolute atomic E-state index is 0.0105. The molecule has 1 fully saturated rings. The van der Waals surface area contributed by atoms with Crippen molar-refractivity contribution in [2.24, 2.45) is 0 Å². The molecule has 1 aliphatic carbocycles. The second kappa shape index (κ2) is 6.59. The summed E-state index contributed by atoms with van der Waals surface area (Å²) in [7, 11) is 0. The summed E-state index contributed by atoms with van der Waals surface area (Å²) in [5.41, 5.74) is 3.83. The topological polar surface area (TPSA) is 107 Å². The standard InChI is InChI=1S/C19H19FN8/c1-10(11-2-3-14-16(6-11)23-9-22-14)24-19-21-5-4-17(26-19)25-18-8-15(27-28-18)12-7-13(12)20/h2-6,8-10,12-13H,7H2,1H3,(H,22,23)(H3,21,24,25,26,27,28)/t10-,12-,13-/m0/s1. The van der Waals surface area contributed by atoms with E-state index in [1.807, 2.05) is 25.1 Å². The molecule has 0 unspecified atom stereocenters. The lowest BCUT2D eigenvalue weighted by atomic mass is 10.1. The molecule has 1 aromatic carbocycles. The molecule has 28 heavy (non-hydrogen) atoms. The third kappa shape index (κ3) is 3.26. The smallest absolute Gasteiger partial charge is 0.225 e. The van der Waals surface area contributed by atoms with Gasteiger partial charge in [0.05, 0.1) is 23.4 Å². The number of fused-ring (bicyclic) bond motifs is 1. The summed E-state index contributed by atoms with van der Waals surface area (Å²) in [4.78, 5) is 16.1. The number of benzene rings is 1. The van der Waals surface area contributed by atoms with E-state index < -0.39 is 6.17 Å². The largest absolute Gasteiger partial charge is 0.348 e. The first-order valence-corrected chi connectivity index (χ1v) is 9.15. The molecule has 0 aliphatic heterocycles. The van der Waals surface area contributed by atoms with Crippen LogP contribution in [0.2, 0.25) is 0 Å². The predicted molar refractivity (Wildman–Crippen MR) is 104 cm³/mol. The third-order valence-electron chi connectivity index (χ3n) is 4.91. The van der Waals surface area contributed by atoms with Crippen molar-refractivity contribution in [3.05, 3.63) is 54.1 Å². The van der Waals surface area contributed by atoms with Gasteiger partial charge in [-0.05, 0) is 37.1 Å². The Bertz CT molecular complexity index is 1120. The zero-order chi connectivity index (χ0) is 19.1. The van der Waals surface area contributed by atoms with Crippen LogP contribution in [0.5, 0.6) is 0 Å². The molecule has 0 bridgehead atoms. The van der Waals surface area contributed by atoms with E-state index in [9.17, 15) is 4.39 Å². The van der Waals surface area contributed by atoms with Gasteiger partial charge in [0.1, 0.15) is 12.0 Å².